The fourth-order valence-corrected chi connectivity index (χ4v) is 5.80. The molecule has 9 heteroatoms. The highest BCUT2D eigenvalue weighted by Gasteiger charge is 2.22. The summed E-state index contributed by atoms with van der Waals surface area (Å²) in [5.74, 6) is -0.477. The first kappa shape index (κ1) is 30.8. The van der Waals surface area contributed by atoms with Crippen molar-refractivity contribution in [3.05, 3.63) is 125 Å². The Morgan fingerprint density at radius 3 is 2.17 bits per heavy atom. The smallest absolute Gasteiger partial charge is 0.337 e. The second-order valence-electron chi connectivity index (χ2n) is 11.4. The van der Waals surface area contributed by atoms with Crippen molar-refractivity contribution in [2.45, 2.75) is 6.54 Å². The molecule has 0 saturated carbocycles. The Morgan fingerprint density at radius 1 is 0.848 bits per heavy atom. The summed E-state index contributed by atoms with van der Waals surface area (Å²) in [6.07, 6.45) is 0. The van der Waals surface area contributed by atoms with E-state index in [4.69, 9.17) is 9.73 Å². The van der Waals surface area contributed by atoms with Crippen LogP contribution in [0, 0.1) is 0 Å². The van der Waals surface area contributed by atoms with E-state index in [9.17, 15) is 14.7 Å². The average molecular weight is 616 g/mol. The first-order chi connectivity index (χ1) is 22.4. The number of aromatic hydroxyl groups is 1. The molecule has 2 heterocycles. The third-order valence-corrected chi connectivity index (χ3v) is 8.41. The maximum atomic E-state index is 13.2. The van der Waals surface area contributed by atoms with Gasteiger partial charge in [-0.25, -0.2) is 9.79 Å². The van der Waals surface area contributed by atoms with Gasteiger partial charge >= 0.3 is 5.97 Å². The number of piperazine rings is 1. The van der Waals surface area contributed by atoms with Crippen LogP contribution in [0.4, 0.5) is 11.4 Å². The zero-order valence-corrected chi connectivity index (χ0v) is 26.0. The molecule has 6 rings (SSSR count). The van der Waals surface area contributed by atoms with Crippen LogP contribution in [0.25, 0.3) is 10.9 Å². The summed E-state index contributed by atoms with van der Waals surface area (Å²) in [7, 11) is 3.13. The molecule has 1 amide bonds. The summed E-state index contributed by atoms with van der Waals surface area (Å²) in [6, 6.07) is 32.7. The number of benzene rings is 4. The first-order valence-electron chi connectivity index (χ1n) is 15.3. The molecule has 1 fully saturated rings. The van der Waals surface area contributed by atoms with Gasteiger partial charge in [-0.2, -0.15) is 0 Å². The van der Waals surface area contributed by atoms with Crippen LogP contribution in [0.2, 0.25) is 0 Å². The van der Waals surface area contributed by atoms with Gasteiger partial charge in [-0.3, -0.25) is 14.6 Å². The SMILES string of the molecule is COC(=O)c1ccc2c(C(=Nc3ccc(N(C)C(=O)CN4CCN(Cc5ccccc5)CC4)cc3)c3ccccc3)c(O)[nH]c2c1. The number of fused-ring (bicyclic) bond motifs is 1. The highest BCUT2D eigenvalue weighted by atomic mass is 16.5. The highest BCUT2D eigenvalue weighted by molar-refractivity contribution is 6.22. The molecule has 0 spiro atoms. The topological polar surface area (TPSA) is 101 Å². The molecule has 234 valence electrons. The third kappa shape index (κ3) is 6.86. The number of carbonyl (C=O) groups is 2. The fourth-order valence-electron chi connectivity index (χ4n) is 5.80. The molecule has 1 aliphatic heterocycles. The number of methoxy groups -OCH3 is 1. The predicted molar refractivity (Wildman–Crippen MR) is 181 cm³/mol. The number of carbonyl (C=O) groups excluding carboxylic acids is 2. The summed E-state index contributed by atoms with van der Waals surface area (Å²) < 4.78 is 4.85. The van der Waals surface area contributed by atoms with Gasteiger partial charge in [-0.15, -0.1) is 0 Å². The van der Waals surface area contributed by atoms with E-state index in [1.807, 2.05) is 60.7 Å². The van der Waals surface area contributed by atoms with E-state index < -0.39 is 5.97 Å². The molecule has 1 aromatic heterocycles. The molecular formula is C37H37N5O4. The number of ether oxygens (including phenoxy) is 1. The zero-order valence-electron chi connectivity index (χ0n) is 26.0. The molecule has 0 atom stereocenters. The monoisotopic (exact) mass is 615 g/mol. The van der Waals surface area contributed by atoms with Gasteiger partial charge in [0.2, 0.25) is 5.91 Å². The number of rotatable bonds is 9. The van der Waals surface area contributed by atoms with Gasteiger partial charge in [0.15, 0.2) is 5.88 Å². The van der Waals surface area contributed by atoms with Crippen molar-refractivity contribution in [1.82, 2.24) is 14.8 Å². The zero-order chi connectivity index (χ0) is 32.0. The molecule has 1 saturated heterocycles. The number of hydrogen-bond acceptors (Lipinski definition) is 7. The molecule has 1 aliphatic rings. The van der Waals surface area contributed by atoms with Crippen LogP contribution in [-0.2, 0) is 16.1 Å². The summed E-state index contributed by atoms with van der Waals surface area (Å²) in [5.41, 5.74) is 5.62. The number of nitrogens with zero attached hydrogens (tertiary/aromatic N) is 4. The lowest BCUT2D eigenvalue weighted by Crippen LogP contribution is -2.49. The van der Waals surface area contributed by atoms with Gasteiger partial charge in [0.25, 0.3) is 0 Å². The van der Waals surface area contributed by atoms with Crippen molar-refractivity contribution in [3.8, 4) is 5.88 Å². The summed E-state index contributed by atoms with van der Waals surface area (Å²) in [6.45, 7) is 4.87. The molecule has 0 radical (unpaired) electrons. The second-order valence-corrected chi connectivity index (χ2v) is 11.4. The van der Waals surface area contributed by atoms with E-state index in [2.05, 4.69) is 39.0 Å². The largest absolute Gasteiger partial charge is 0.494 e. The molecular weight excluding hydrogens is 578 g/mol. The Labute approximate surface area is 268 Å². The van der Waals surface area contributed by atoms with Gasteiger partial charge in [-0.1, -0.05) is 66.7 Å². The standard InChI is InChI=1S/C37H37N5O4/c1-40(33(43)25-42-21-19-41(20-22-42)24-26-9-5-3-6-10-26)30-16-14-29(15-17-30)38-35(27-11-7-4-8-12-27)34-31-18-13-28(37(45)46-2)23-32(31)39-36(34)44/h3-18,23,39,44H,19-22,24-25H2,1-2H3. The van der Waals surface area contributed by atoms with Crippen molar-refractivity contribution < 1.29 is 19.4 Å². The molecule has 9 nitrogen and oxygen atoms in total. The van der Waals surface area contributed by atoms with Crippen LogP contribution in [0.15, 0.2) is 108 Å². The molecule has 0 bridgehead atoms. The minimum Gasteiger partial charge on any atom is -0.494 e. The van der Waals surface area contributed by atoms with E-state index in [0.717, 1.165) is 49.4 Å². The Hall–Kier alpha value is -5.25. The minimum absolute atomic E-state index is 0.0350. The number of H-pyrrole nitrogens is 1. The third-order valence-electron chi connectivity index (χ3n) is 8.41. The van der Waals surface area contributed by atoms with Crippen LogP contribution in [0.3, 0.4) is 0 Å². The Balaban J connectivity index is 1.17. The Morgan fingerprint density at radius 2 is 1.50 bits per heavy atom. The van der Waals surface area contributed by atoms with Crippen LogP contribution in [0.5, 0.6) is 5.88 Å². The van der Waals surface area contributed by atoms with E-state index in [-0.39, 0.29) is 11.8 Å². The molecule has 4 aromatic carbocycles. The van der Waals surface area contributed by atoms with Crippen molar-refractivity contribution in [3.63, 3.8) is 0 Å². The number of likely N-dealkylation sites (N-methyl/N-ethyl adjacent to an activating group) is 1. The van der Waals surface area contributed by atoms with Crippen LogP contribution in [0.1, 0.15) is 27.0 Å². The minimum atomic E-state index is -0.459. The van der Waals surface area contributed by atoms with Gasteiger partial charge in [0, 0.05) is 61.9 Å². The van der Waals surface area contributed by atoms with E-state index in [1.165, 1.54) is 12.7 Å². The van der Waals surface area contributed by atoms with Gasteiger partial charge in [0.05, 0.1) is 36.2 Å². The molecule has 46 heavy (non-hydrogen) atoms. The number of aliphatic imine (C=N–C) groups is 1. The van der Waals surface area contributed by atoms with Crippen molar-refractivity contribution in [1.29, 1.82) is 0 Å². The number of aromatic nitrogens is 1. The van der Waals surface area contributed by atoms with Crippen LogP contribution in [-0.4, -0.2) is 84.4 Å². The average Bonchev–Trinajstić information content (AvgIpc) is 3.43. The van der Waals surface area contributed by atoms with Gasteiger partial charge in [0.1, 0.15) is 0 Å². The van der Waals surface area contributed by atoms with Crippen LogP contribution < -0.4 is 4.90 Å². The molecule has 0 unspecified atom stereocenters. The number of hydrogen-bond donors (Lipinski definition) is 2. The first-order valence-corrected chi connectivity index (χ1v) is 15.3. The maximum absolute atomic E-state index is 13.2. The van der Waals surface area contributed by atoms with Crippen molar-refractivity contribution in [2.24, 2.45) is 4.99 Å². The molecule has 5 aromatic rings. The van der Waals surface area contributed by atoms with E-state index in [1.54, 1.807) is 30.1 Å². The fraction of sp³-hybridized carbons (Fsp3) is 0.216. The number of anilines is 1. The lowest BCUT2D eigenvalue weighted by atomic mass is 10.00. The van der Waals surface area contributed by atoms with Gasteiger partial charge < -0.3 is 19.7 Å². The van der Waals surface area contributed by atoms with Crippen LogP contribution >= 0.6 is 0 Å². The lowest BCUT2D eigenvalue weighted by Gasteiger charge is -2.35. The number of esters is 1. The van der Waals surface area contributed by atoms with Gasteiger partial charge in [-0.05, 0) is 42.0 Å². The molecule has 2 N–H and O–H groups in total. The van der Waals surface area contributed by atoms with E-state index >= 15 is 0 Å². The predicted octanol–water partition coefficient (Wildman–Crippen LogP) is 5.61. The Kier molecular flexibility index (Phi) is 9.23. The summed E-state index contributed by atoms with van der Waals surface area (Å²) >= 11 is 0. The highest BCUT2D eigenvalue weighted by Crippen LogP contribution is 2.32. The second kappa shape index (κ2) is 13.8. The van der Waals surface area contributed by atoms with Crippen molar-refractivity contribution >= 4 is 39.9 Å². The number of amides is 1. The normalized spacial score (nSPS) is 14.3. The Bertz CT molecular complexity index is 1840. The summed E-state index contributed by atoms with van der Waals surface area (Å²) in [4.78, 5) is 39.6. The number of aromatic amines is 1. The quantitative estimate of drug-likeness (QED) is 0.165. The maximum Gasteiger partial charge on any atom is 0.337 e. The van der Waals surface area contributed by atoms with Crippen molar-refractivity contribution in [2.75, 3.05) is 51.8 Å². The summed E-state index contributed by atoms with van der Waals surface area (Å²) in [5, 5.41) is 11.7. The lowest BCUT2D eigenvalue weighted by molar-refractivity contribution is -0.119. The van der Waals surface area contributed by atoms with E-state index in [0.29, 0.717) is 34.6 Å². The molecule has 0 aliphatic carbocycles. The number of nitrogens with one attached hydrogen (secondary N) is 1.